The molecular formula is C21H24N4O4S. The predicted molar refractivity (Wildman–Crippen MR) is 115 cm³/mol. The summed E-state index contributed by atoms with van der Waals surface area (Å²) in [5.41, 5.74) is 1.69. The minimum atomic E-state index is -3.21. The zero-order chi connectivity index (χ0) is 21.4. The van der Waals surface area contributed by atoms with E-state index in [1.54, 1.807) is 25.4 Å². The zero-order valence-electron chi connectivity index (χ0n) is 16.8. The molecule has 0 unspecified atom stereocenters. The van der Waals surface area contributed by atoms with Crippen molar-refractivity contribution in [2.24, 2.45) is 4.99 Å². The average molecular weight is 429 g/mol. The molecule has 0 aliphatic heterocycles. The zero-order valence-corrected chi connectivity index (χ0v) is 17.6. The van der Waals surface area contributed by atoms with Crippen LogP contribution < -0.4 is 15.4 Å². The van der Waals surface area contributed by atoms with Gasteiger partial charge in [0, 0.05) is 18.9 Å². The first kappa shape index (κ1) is 21.4. The Kier molecular flexibility index (Phi) is 7.08. The van der Waals surface area contributed by atoms with Gasteiger partial charge in [-0.05, 0) is 36.4 Å². The number of benzene rings is 2. The second-order valence-electron chi connectivity index (χ2n) is 6.45. The summed E-state index contributed by atoms with van der Waals surface area (Å²) in [6.45, 7) is 1.37. The Bertz CT molecular complexity index is 1080. The topological polar surface area (TPSA) is 106 Å². The summed E-state index contributed by atoms with van der Waals surface area (Å²) in [4.78, 5) is 8.90. The molecule has 1 heterocycles. The highest BCUT2D eigenvalue weighted by atomic mass is 32.2. The van der Waals surface area contributed by atoms with E-state index in [2.05, 4.69) is 20.6 Å². The van der Waals surface area contributed by atoms with Gasteiger partial charge in [0.2, 0.25) is 5.89 Å². The van der Waals surface area contributed by atoms with Crippen molar-refractivity contribution in [3.63, 3.8) is 0 Å². The van der Waals surface area contributed by atoms with Crippen LogP contribution in [0.15, 0.2) is 75.2 Å². The van der Waals surface area contributed by atoms with Gasteiger partial charge in [0.15, 0.2) is 15.8 Å². The van der Waals surface area contributed by atoms with Crippen LogP contribution in [-0.4, -0.2) is 45.8 Å². The van der Waals surface area contributed by atoms with Crippen molar-refractivity contribution in [2.45, 2.75) is 11.4 Å². The first-order valence-electron chi connectivity index (χ1n) is 9.33. The van der Waals surface area contributed by atoms with Crippen molar-refractivity contribution in [2.75, 3.05) is 26.5 Å². The van der Waals surface area contributed by atoms with Gasteiger partial charge < -0.3 is 19.8 Å². The number of nitrogens with zero attached hydrogens (tertiary/aromatic N) is 2. The normalized spacial score (nSPS) is 11.9. The number of ether oxygens (including phenoxy) is 1. The molecule has 3 aromatic rings. The Balaban J connectivity index is 1.42. The maximum atomic E-state index is 11.5. The van der Waals surface area contributed by atoms with E-state index in [1.165, 1.54) is 18.4 Å². The van der Waals surface area contributed by atoms with Crippen LogP contribution in [0.5, 0.6) is 5.75 Å². The van der Waals surface area contributed by atoms with Gasteiger partial charge in [-0.25, -0.2) is 13.4 Å². The third-order valence-corrected chi connectivity index (χ3v) is 5.28. The maximum Gasteiger partial charge on any atom is 0.226 e. The van der Waals surface area contributed by atoms with E-state index >= 15 is 0 Å². The number of aromatic nitrogens is 1. The lowest BCUT2D eigenvalue weighted by Gasteiger charge is -2.12. The Morgan fingerprint density at radius 2 is 1.83 bits per heavy atom. The fourth-order valence-corrected chi connectivity index (χ4v) is 3.25. The number of hydrogen-bond donors (Lipinski definition) is 2. The van der Waals surface area contributed by atoms with E-state index < -0.39 is 9.84 Å². The number of nitrogens with one attached hydrogen (secondary N) is 2. The molecule has 0 aliphatic carbocycles. The van der Waals surface area contributed by atoms with Gasteiger partial charge in [-0.2, -0.15) is 0 Å². The number of aliphatic imine (C=N–C) groups is 1. The van der Waals surface area contributed by atoms with Crippen molar-refractivity contribution < 1.29 is 17.6 Å². The number of hydrogen-bond acceptors (Lipinski definition) is 6. The lowest BCUT2D eigenvalue weighted by Crippen LogP contribution is -2.38. The third kappa shape index (κ3) is 6.08. The van der Waals surface area contributed by atoms with E-state index in [9.17, 15) is 8.42 Å². The van der Waals surface area contributed by atoms with Crippen LogP contribution >= 0.6 is 0 Å². The summed E-state index contributed by atoms with van der Waals surface area (Å²) in [7, 11) is -1.53. The van der Waals surface area contributed by atoms with Crippen LogP contribution in [-0.2, 0) is 16.4 Å². The molecule has 2 aromatic carbocycles. The monoisotopic (exact) mass is 428 g/mol. The third-order valence-electron chi connectivity index (χ3n) is 4.15. The molecule has 158 valence electrons. The van der Waals surface area contributed by atoms with Crippen molar-refractivity contribution in [3.05, 3.63) is 66.6 Å². The summed E-state index contributed by atoms with van der Waals surface area (Å²) in [6, 6.07) is 16.0. The molecular weight excluding hydrogens is 404 g/mol. The van der Waals surface area contributed by atoms with Crippen LogP contribution in [0.25, 0.3) is 11.5 Å². The molecule has 9 heteroatoms. The summed E-state index contributed by atoms with van der Waals surface area (Å²) in [6.07, 6.45) is 2.79. The van der Waals surface area contributed by atoms with Gasteiger partial charge in [0.05, 0.1) is 23.7 Å². The number of sulfone groups is 1. The summed E-state index contributed by atoms with van der Waals surface area (Å²) < 4.78 is 34.1. The molecule has 0 saturated carbocycles. The van der Waals surface area contributed by atoms with E-state index in [1.807, 2.05) is 30.3 Å². The van der Waals surface area contributed by atoms with E-state index in [-0.39, 0.29) is 4.90 Å². The molecule has 30 heavy (non-hydrogen) atoms. The summed E-state index contributed by atoms with van der Waals surface area (Å²) >= 11 is 0. The van der Waals surface area contributed by atoms with Gasteiger partial charge >= 0.3 is 0 Å². The summed E-state index contributed by atoms with van der Waals surface area (Å²) in [5, 5.41) is 6.31. The predicted octanol–water partition coefficient (Wildman–Crippen LogP) is 2.49. The van der Waals surface area contributed by atoms with Gasteiger partial charge in [0.25, 0.3) is 0 Å². The Labute approximate surface area is 175 Å². The van der Waals surface area contributed by atoms with Crippen LogP contribution in [0.1, 0.15) is 5.69 Å². The van der Waals surface area contributed by atoms with Crippen LogP contribution in [0, 0.1) is 0 Å². The fourth-order valence-electron chi connectivity index (χ4n) is 2.62. The standard InChI is InChI=1S/C21H24N4O4S/c1-22-21(23-12-13-28-18-8-10-19(11-9-18)30(2,26)27)24-14-17-15-29-20(25-17)16-6-4-3-5-7-16/h3-11,15H,12-14H2,1-2H3,(H2,22,23,24). The molecule has 8 nitrogen and oxygen atoms in total. The van der Waals surface area contributed by atoms with Gasteiger partial charge in [-0.3, -0.25) is 4.99 Å². The number of oxazole rings is 1. The molecule has 3 rings (SSSR count). The first-order valence-corrected chi connectivity index (χ1v) is 11.2. The SMILES string of the molecule is CN=C(NCCOc1ccc(S(C)(=O)=O)cc1)NCc1coc(-c2ccccc2)n1. The van der Waals surface area contributed by atoms with Crippen LogP contribution in [0.2, 0.25) is 0 Å². The van der Waals surface area contributed by atoms with Crippen molar-refractivity contribution in [1.82, 2.24) is 15.6 Å². The highest BCUT2D eigenvalue weighted by molar-refractivity contribution is 7.90. The largest absolute Gasteiger partial charge is 0.492 e. The molecule has 2 N–H and O–H groups in total. The lowest BCUT2D eigenvalue weighted by molar-refractivity contribution is 0.321. The van der Waals surface area contributed by atoms with E-state index in [0.29, 0.717) is 37.3 Å². The molecule has 0 bridgehead atoms. The average Bonchev–Trinajstić information content (AvgIpc) is 3.23. The van der Waals surface area contributed by atoms with Crippen molar-refractivity contribution in [1.29, 1.82) is 0 Å². The molecule has 0 radical (unpaired) electrons. The first-order chi connectivity index (χ1) is 14.5. The smallest absolute Gasteiger partial charge is 0.226 e. The van der Waals surface area contributed by atoms with E-state index in [4.69, 9.17) is 9.15 Å². The number of rotatable bonds is 8. The lowest BCUT2D eigenvalue weighted by atomic mass is 10.2. The molecule has 0 amide bonds. The Hall–Kier alpha value is -3.33. The highest BCUT2D eigenvalue weighted by Gasteiger charge is 2.08. The minimum Gasteiger partial charge on any atom is -0.492 e. The molecule has 0 fully saturated rings. The van der Waals surface area contributed by atoms with Gasteiger partial charge in [-0.15, -0.1) is 0 Å². The second-order valence-corrected chi connectivity index (χ2v) is 8.47. The van der Waals surface area contributed by atoms with Gasteiger partial charge in [-0.1, -0.05) is 18.2 Å². The van der Waals surface area contributed by atoms with E-state index in [0.717, 1.165) is 11.3 Å². The Morgan fingerprint density at radius 1 is 1.10 bits per heavy atom. The van der Waals surface area contributed by atoms with Crippen molar-refractivity contribution in [3.8, 4) is 17.2 Å². The fraction of sp³-hybridized carbons (Fsp3) is 0.238. The molecule has 0 spiro atoms. The minimum absolute atomic E-state index is 0.265. The molecule has 0 aliphatic rings. The van der Waals surface area contributed by atoms with Crippen LogP contribution in [0.3, 0.4) is 0 Å². The Morgan fingerprint density at radius 3 is 2.50 bits per heavy atom. The molecule has 0 atom stereocenters. The highest BCUT2D eigenvalue weighted by Crippen LogP contribution is 2.18. The summed E-state index contributed by atoms with van der Waals surface area (Å²) in [5.74, 6) is 1.78. The van der Waals surface area contributed by atoms with Crippen LogP contribution in [0.4, 0.5) is 0 Å². The van der Waals surface area contributed by atoms with Crippen molar-refractivity contribution >= 4 is 15.8 Å². The van der Waals surface area contributed by atoms with Gasteiger partial charge in [0.1, 0.15) is 18.6 Å². The molecule has 1 aromatic heterocycles. The molecule has 0 saturated heterocycles. The second kappa shape index (κ2) is 9.93. The maximum absolute atomic E-state index is 11.5. The number of guanidine groups is 1. The quantitative estimate of drug-likeness (QED) is 0.323.